The summed E-state index contributed by atoms with van der Waals surface area (Å²) in [5.74, 6) is 1.64. The van der Waals surface area contributed by atoms with Gasteiger partial charge in [-0.15, -0.1) is 0 Å². The van der Waals surface area contributed by atoms with Crippen molar-refractivity contribution in [1.29, 1.82) is 0 Å². The molecule has 1 aliphatic carbocycles. The van der Waals surface area contributed by atoms with E-state index >= 15 is 0 Å². The molecular weight excluding hydrogens is 184 g/mol. The minimum absolute atomic E-state index is 0.766. The van der Waals surface area contributed by atoms with Gasteiger partial charge in [0.2, 0.25) is 0 Å². The van der Waals surface area contributed by atoms with E-state index in [1.54, 1.807) is 0 Å². The van der Waals surface area contributed by atoms with Crippen LogP contribution in [0.15, 0.2) is 12.2 Å². The van der Waals surface area contributed by atoms with Crippen LogP contribution < -0.4 is 10.6 Å². The number of allylic oxidation sites excluding steroid dienone is 2. The highest BCUT2D eigenvalue weighted by molar-refractivity contribution is 4.94. The van der Waals surface area contributed by atoms with Crippen LogP contribution in [0.5, 0.6) is 0 Å². The van der Waals surface area contributed by atoms with Gasteiger partial charge in [0.1, 0.15) is 0 Å². The third-order valence-electron chi connectivity index (χ3n) is 2.80. The molecule has 0 amide bonds. The highest BCUT2D eigenvalue weighted by atomic mass is 14.9. The maximum absolute atomic E-state index is 3.54. The lowest BCUT2D eigenvalue weighted by molar-refractivity contribution is 0.484. The number of hydrogen-bond acceptors (Lipinski definition) is 2. The van der Waals surface area contributed by atoms with E-state index < -0.39 is 0 Å². The van der Waals surface area contributed by atoms with E-state index in [1.807, 2.05) is 0 Å². The summed E-state index contributed by atoms with van der Waals surface area (Å²) in [7, 11) is 0. The van der Waals surface area contributed by atoms with Crippen molar-refractivity contribution in [1.82, 2.24) is 10.6 Å². The van der Waals surface area contributed by atoms with Gasteiger partial charge in [-0.2, -0.15) is 0 Å². The molecule has 0 heterocycles. The van der Waals surface area contributed by atoms with Gasteiger partial charge in [0.05, 0.1) is 0 Å². The van der Waals surface area contributed by atoms with Gasteiger partial charge in [0.15, 0.2) is 0 Å². The summed E-state index contributed by atoms with van der Waals surface area (Å²) in [6, 6.07) is 0. The Kier molecular flexibility index (Phi) is 6.69. The summed E-state index contributed by atoms with van der Waals surface area (Å²) in [5.41, 5.74) is 0. The number of nitrogens with one attached hydrogen (secondary N) is 2. The van der Waals surface area contributed by atoms with E-state index in [1.165, 1.54) is 25.8 Å². The van der Waals surface area contributed by atoms with Crippen LogP contribution in [0.1, 0.15) is 33.1 Å². The molecule has 2 N–H and O–H groups in total. The second-order valence-electron chi connectivity index (χ2n) is 4.96. The van der Waals surface area contributed by atoms with Crippen molar-refractivity contribution in [3.05, 3.63) is 12.2 Å². The number of hydrogen-bond donors (Lipinski definition) is 2. The summed E-state index contributed by atoms with van der Waals surface area (Å²) < 4.78 is 0. The largest absolute Gasteiger partial charge is 0.316 e. The standard InChI is InChI=1S/C13H26N2/c1-12(2)10-14-8-5-9-15-11-13-6-3-4-7-13/h3-4,12-15H,5-11H2,1-2H3. The van der Waals surface area contributed by atoms with Gasteiger partial charge in [-0.1, -0.05) is 26.0 Å². The van der Waals surface area contributed by atoms with Gasteiger partial charge in [0, 0.05) is 0 Å². The van der Waals surface area contributed by atoms with E-state index in [0.717, 1.165) is 31.5 Å². The Morgan fingerprint density at radius 1 is 1.13 bits per heavy atom. The third-order valence-corrected chi connectivity index (χ3v) is 2.80. The summed E-state index contributed by atoms with van der Waals surface area (Å²) in [5, 5.41) is 7.00. The average molecular weight is 210 g/mol. The quantitative estimate of drug-likeness (QED) is 0.474. The van der Waals surface area contributed by atoms with Crippen LogP contribution >= 0.6 is 0 Å². The first kappa shape index (κ1) is 12.7. The fraction of sp³-hybridized carbons (Fsp3) is 0.846. The first-order valence-corrected chi connectivity index (χ1v) is 6.35. The maximum atomic E-state index is 3.54. The summed E-state index contributed by atoms with van der Waals surface area (Å²) in [4.78, 5) is 0. The molecule has 1 aliphatic rings. The van der Waals surface area contributed by atoms with Crippen LogP contribution in [0, 0.1) is 11.8 Å². The van der Waals surface area contributed by atoms with Crippen LogP contribution in [0.3, 0.4) is 0 Å². The Morgan fingerprint density at radius 3 is 2.47 bits per heavy atom. The molecule has 0 spiro atoms. The number of rotatable bonds is 8. The van der Waals surface area contributed by atoms with Crippen molar-refractivity contribution in [3.8, 4) is 0 Å². The highest BCUT2D eigenvalue weighted by Gasteiger charge is 2.08. The normalized spacial score (nSPS) is 16.7. The SMILES string of the molecule is CC(C)CNCCCNCC1CC=CC1. The predicted molar refractivity (Wildman–Crippen MR) is 67.1 cm³/mol. The van der Waals surface area contributed by atoms with Gasteiger partial charge < -0.3 is 10.6 Å². The van der Waals surface area contributed by atoms with Gasteiger partial charge in [-0.3, -0.25) is 0 Å². The summed E-state index contributed by atoms with van der Waals surface area (Å²) >= 11 is 0. The zero-order valence-corrected chi connectivity index (χ0v) is 10.3. The molecule has 0 unspecified atom stereocenters. The van der Waals surface area contributed by atoms with E-state index in [4.69, 9.17) is 0 Å². The molecule has 0 aromatic rings. The molecule has 2 heteroatoms. The van der Waals surface area contributed by atoms with E-state index in [9.17, 15) is 0 Å². The topological polar surface area (TPSA) is 24.1 Å². The van der Waals surface area contributed by atoms with Crippen molar-refractivity contribution in [2.45, 2.75) is 33.1 Å². The average Bonchev–Trinajstić information content (AvgIpc) is 2.68. The van der Waals surface area contributed by atoms with Crippen molar-refractivity contribution < 1.29 is 0 Å². The molecule has 2 nitrogen and oxygen atoms in total. The molecule has 0 aliphatic heterocycles. The fourth-order valence-electron chi connectivity index (χ4n) is 1.88. The minimum atomic E-state index is 0.766. The van der Waals surface area contributed by atoms with Crippen LogP contribution in [0.4, 0.5) is 0 Å². The van der Waals surface area contributed by atoms with Crippen LogP contribution in [-0.4, -0.2) is 26.2 Å². The Balaban J connectivity index is 1.77. The second-order valence-corrected chi connectivity index (χ2v) is 4.96. The lowest BCUT2D eigenvalue weighted by Crippen LogP contribution is -2.27. The predicted octanol–water partition coefficient (Wildman–Crippen LogP) is 2.18. The molecule has 0 saturated heterocycles. The molecule has 0 fully saturated rings. The second kappa shape index (κ2) is 7.89. The Labute approximate surface area is 94.5 Å². The molecule has 0 aromatic heterocycles. The fourth-order valence-corrected chi connectivity index (χ4v) is 1.88. The maximum Gasteiger partial charge on any atom is -0.00146 e. The van der Waals surface area contributed by atoms with E-state index in [-0.39, 0.29) is 0 Å². The van der Waals surface area contributed by atoms with Crippen molar-refractivity contribution in [2.75, 3.05) is 26.2 Å². The summed E-state index contributed by atoms with van der Waals surface area (Å²) in [6.45, 7) is 9.14. The first-order valence-electron chi connectivity index (χ1n) is 6.35. The molecule has 0 radical (unpaired) electrons. The van der Waals surface area contributed by atoms with E-state index in [0.29, 0.717) is 0 Å². The molecule has 0 aromatic carbocycles. The summed E-state index contributed by atoms with van der Waals surface area (Å²) in [6.07, 6.45) is 8.40. The van der Waals surface area contributed by atoms with Gasteiger partial charge in [-0.25, -0.2) is 0 Å². The lowest BCUT2D eigenvalue weighted by atomic mass is 10.1. The molecule has 0 saturated carbocycles. The van der Waals surface area contributed by atoms with Gasteiger partial charge >= 0.3 is 0 Å². The Bertz CT molecular complexity index is 167. The van der Waals surface area contributed by atoms with E-state index in [2.05, 4.69) is 36.6 Å². The van der Waals surface area contributed by atoms with Crippen molar-refractivity contribution in [2.24, 2.45) is 11.8 Å². The monoisotopic (exact) mass is 210 g/mol. The molecule has 0 bridgehead atoms. The Hall–Kier alpha value is -0.340. The molecular formula is C13H26N2. The van der Waals surface area contributed by atoms with Crippen LogP contribution in [-0.2, 0) is 0 Å². The molecule has 0 atom stereocenters. The Morgan fingerprint density at radius 2 is 1.80 bits per heavy atom. The minimum Gasteiger partial charge on any atom is -0.316 e. The molecule has 15 heavy (non-hydrogen) atoms. The van der Waals surface area contributed by atoms with Gasteiger partial charge in [-0.05, 0) is 57.3 Å². The molecule has 1 rings (SSSR count). The zero-order valence-electron chi connectivity index (χ0n) is 10.3. The van der Waals surface area contributed by atoms with Crippen LogP contribution in [0.2, 0.25) is 0 Å². The van der Waals surface area contributed by atoms with Gasteiger partial charge in [0.25, 0.3) is 0 Å². The zero-order chi connectivity index (χ0) is 10.9. The first-order chi connectivity index (χ1) is 7.29. The highest BCUT2D eigenvalue weighted by Crippen LogP contribution is 2.15. The van der Waals surface area contributed by atoms with Crippen molar-refractivity contribution >= 4 is 0 Å². The molecule has 88 valence electrons. The smallest absolute Gasteiger partial charge is 0.00146 e. The van der Waals surface area contributed by atoms with Crippen molar-refractivity contribution in [3.63, 3.8) is 0 Å². The third kappa shape index (κ3) is 6.69. The van der Waals surface area contributed by atoms with Crippen LogP contribution in [0.25, 0.3) is 0 Å². The lowest BCUT2D eigenvalue weighted by Gasteiger charge is -2.11.